The van der Waals surface area contributed by atoms with Gasteiger partial charge in [0, 0.05) is 0 Å². The van der Waals surface area contributed by atoms with Crippen LogP contribution in [0.1, 0.15) is 30.4 Å². The molecule has 0 unspecified atom stereocenters. The Hall–Kier alpha value is -2.29. The van der Waals surface area contributed by atoms with E-state index in [0.717, 1.165) is 31.2 Å². The molecule has 3 heteroatoms. The van der Waals surface area contributed by atoms with Crippen molar-refractivity contribution in [1.82, 2.24) is 0 Å². The molecule has 2 rings (SSSR count). The molecule has 0 fully saturated rings. The molecule has 0 amide bonds. The van der Waals surface area contributed by atoms with Gasteiger partial charge >= 0.3 is 6.16 Å². The minimum absolute atomic E-state index is 0.402. The van der Waals surface area contributed by atoms with Crippen molar-refractivity contribution in [3.05, 3.63) is 65.7 Å². The summed E-state index contributed by atoms with van der Waals surface area (Å²) in [6.45, 7) is 2.39. The van der Waals surface area contributed by atoms with Crippen LogP contribution in [0.2, 0.25) is 0 Å². The van der Waals surface area contributed by atoms with Crippen LogP contribution in [-0.4, -0.2) is 12.8 Å². The number of hydrogen-bond acceptors (Lipinski definition) is 3. The molecule has 0 radical (unpaired) electrons. The zero-order valence-corrected chi connectivity index (χ0v) is 13.0. The molecule has 2 aromatic rings. The van der Waals surface area contributed by atoms with Crippen LogP contribution in [0.25, 0.3) is 0 Å². The van der Waals surface area contributed by atoms with Crippen LogP contribution in [0.4, 0.5) is 4.79 Å². The zero-order chi connectivity index (χ0) is 15.6. The predicted octanol–water partition coefficient (Wildman–Crippen LogP) is 4.92. The molecule has 0 aromatic heterocycles. The lowest BCUT2D eigenvalue weighted by molar-refractivity contribution is 0.0973. The summed E-state index contributed by atoms with van der Waals surface area (Å²) >= 11 is 0. The molecule has 0 heterocycles. The van der Waals surface area contributed by atoms with Gasteiger partial charge in [0.2, 0.25) is 0 Å². The van der Waals surface area contributed by atoms with Gasteiger partial charge in [-0.15, -0.1) is 0 Å². The number of carbonyl (C=O) groups excluding carboxylic acids is 1. The number of carbonyl (C=O) groups is 1. The summed E-state index contributed by atoms with van der Waals surface area (Å²) in [5.41, 5.74) is 2.47. The van der Waals surface area contributed by atoms with E-state index >= 15 is 0 Å². The molecule has 0 spiro atoms. The van der Waals surface area contributed by atoms with Gasteiger partial charge in [-0.3, -0.25) is 0 Å². The number of unbranched alkanes of at least 4 members (excludes halogenated alkanes) is 2. The van der Waals surface area contributed by atoms with Crippen LogP contribution in [-0.2, 0) is 11.2 Å². The Morgan fingerprint density at radius 2 is 1.64 bits per heavy atom. The third-order valence-electron chi connectivity index (χ3n) is 3.39. The number of rotatable bonds is 7. The Labute approximate surface area is 131 Å². The average Bonchev–Trinajstić information content (AvgIpc) is 2.54. The van der Waals surface area contributed by atoms with E-state index in [0.29, 0.717) is 12.4 Å². The Kier molecular flexibility index (Phi) is 6.49. The quantitative estimate of drug-likeness (QED) is 0.413. The third kappa shape index (κ3) is 6.00. The summed E-state index contributed by atoms with van der Waals surface area (Å²) in [4.78, 5) is 11.5. The lowest BCUT2D eigenvalue weighted by Gasteiger charge is -2.06. The van der Waals surface area contributed by atoms with Crippen molar-refractivity contribution < 1.29 is 14.3 Å². The maximum atomic E-state index is 11.5. The highest BCUT2D eigenvalue weighted by atomic mass is 16.7. The van der Waals surface area contributed by atoms with Crippen molar-refractivity contribution >= 4 is 6.16 Å². The van der Waals surface area contributed by atoms with Crippen molar-refractivity contribution in [1.29, 1.82) is 0 Å². The lowest BCUT2D eigenvalue weighted by Crippen LogP contribution is -2.11. The van der Waals surface area contributed by atoms with Gasteiger partial charge in [-0.05, 0) is 50.3 Å². The number of hydrogen-bond donors (Lipinski definition) is 0. The minimum atomic E-state index is -0.632. The second-order valence-electron chi connectivity index (χ2n) is 5.31. The van der Waals surface area contributed by atoms with Crippen LogP contribution in [0, 0.1) is 6.92 Å². The maximum absolute atomic E-state index is 11.5. The van der Waals surface area contributed by atoms with Crippen molar-refractivity contribution in [2.75, 3.05) is 6.61 Å². The normalized spacial score (nSPS) is 10.2. The van der Waals surface area contributed by atoms with Gasteiger partial charge in [0.05, 0.1) is 6.61 Å². The SMILES string of the molecule is Cc1ccc(OC(=O)OCCCCCc2ccccc2)cc1. The monoisotopic (exact) mass is 298 g/mol. The number of aryl methyl sites for hydroxylation is 2. The molecule has 0 aliphatic heterocycles. The van der Waals surface area contributed by atoms with E-state index in [-0.39, 0.29) is 0 Å². The molecule has 0 aliphatic rings. The first-order valence-electron chi connectivity index (χ1n) is 7.69. The second-order valence-corrected chi connectivity index (χ2v) is 5.31. The second kappa shape index (κ2) is 8.88. The standard InChI is InChI=1S/C19H22O3/c1-16-11-13-18(14-12-16)22-19(20)21-15-7-3-6-10-17-8-4-2-5-9-17/h2,4-5,8-9,11-14H,3,6-7,10,15H2,1H3. The molecule has 0 N–H and O–H groups in total. The van der Waals surface area contributed by atoms with Gasteiger partial charge in [-0.2, -0.15) is 0 Å². The molecule has 22 heavy (non-hydrogen) atoms. The summed E-state index contributed by atoms with van der Waals surface area (Å²) in [6, 6.07) is 17.7. The summed E-state index contributed by atoms with van der Waals surface area (Å²) in [6.07, 6.45) is 3.42. The lowest BCUT2D eigenvalue weighted by atomic mass is 10.1. The van der Waals surface area contributed by atoms with E-state index < -0.39 is 6.16 Å². The Bertz CT molecular complexity index is 561. The molecule has 0 saturated carbocycles. The molecular formula is C19H22O3. The molecule has 2 aromatic carbocycles. The minimum Gasteiger partial charge on any atom is -0.434 e. The first-order valence-corrected chi connectivity index (χ1v) is 7.69. The Morgan fingerprint density at radius 3 is 2.36 bits per heavy atom. The van der Waals surface area contributed by atoms with Gasteiger partial charge in [-0.25, -0.2) is 4.79 Å². The first kappa shape index (κ1) is 16.1. The first-order chi connectivity index (χ1) is 10.7. The van der Waals surface area contributed by atoms with Gasteiger partial charge in [0.15, 0.2) is 0 Å². The fraction of sp³-hybridized carbons (Fsp3) is 0.316. The summed E-state index contributed by atoms with van der Waals surface area (Å²) in [5.74, 6) is 0.514. The molecule has 0 saturated heterocycles. The van der Waals surface area contributed by atoms with E-state index in [2.05, 4.69) is 24.3 Å². The Balaban J connectivity index is 1.54. The van der Waals surface area contributed by atoms with E-state index in [4.69, 9.17) is 9.47 Å². The van der Waals surface area contributed by atoms with Crippen LogP contribution in [0.15, 0.2) is 54.6 Å². The van der Waals surface area contributed by atoms with Gasteiger partial charge < -0.3 is 9.47 Å². The van der Waals surface area contributed by atoms with Crippen LogP contribution >= 0.6 is 0 Å². The van der Waals surface area contributed by atoms with Crippen LogP contribution < -0.4 is 4.74 Å². The zero-order valence-electron chi connectivity index (χ0n) is 13.0. The fourth-order valence-electron chi connectivity index (χ4n) is 2.14. The van der Waals surface area contributed by atoms with Crippen molar-refractivity contribution in [2.45, 2.75) is 32.6 Å². The molecule has 116 valence electrons. The van der Waals surface area contributed by atoms with Gasteiger partial charge in [0.1, 0.15) is 5.75 Å². The van der Waals surface area contributed by atoms with E-state index in [1.807, 2.05) is 25.1 Å². The molecule has 0 atom stereocenters. The molecular weight excluding hydrogens is 276 g/mol. The highest BCUT2D eigenvalue weighted by molar-refractivity contribution is 5.63. The van der Waals surface area contributed by atoms with Crippen LogP contribution in [0.3, 0.4) is 0 Å². The average molecular weight is 298 g/mol. The van der Waals surface area contributed by atoms with Gasteiger partial charge in [-0.1, -0.05) is 48.0 Å². The largest absolute Gasteiger partial charge is 0.513 e. The number of benzene rings is 2. The van der Waals surface area contributed by atoms with Crippen molar-refractivity contribution in [3.8, 4) is 5.75 Å². The predicted molar refractivity (Wildman–Crippen MR) is 87.2 cm³/mol. The molecule has 0 aliphatic carbocycles. The van der Waals surface area contributed by atoms with Crippen molar-refractivity contribution in [3.63, 3.8) is 0 Å². The van der Waals surface area contributed by atoms with Crippen molar-refractivity contribution in [2.24, 2.45) is 0 Å². The maximum Gasteiger partial charge on any atom is 0.513 e. The van der Waals surface area contributed by atoms with Gasteiger partial charge in [0.25, 0.3) is 0 Å². The molecule has 0 bridgehead atoms. The highest BCUT2D eigenvalue weighted by Crippen LogP contribution is 2.12. The summed E-state index contributed by atoms with van der Waals surface area (Å²) in [5, 5.41) is 0. The third-order valence-corrected chi connectivity index (χ3v) is 3.39. The fourth-order valence-corrected chi connectivity index (χ4v) is 2.14. The highest BCUT2D eigenvalue weighted by Gasteiger charge is 2.05. The smallest absolute Gasteiger partial charge is 0.434 e. The summed E-state index contributed by atoms with van der Waals surface area (Å²) < 4.78 is 10.2. The van der Waals surface area contributed by atoms with E-state index in [1.54, 1.807) is 12.1 Å². The topological polar surface area (TPSA) is 35.5 Å². The summed E-state index contributed by atoms with van der Waals surface area (Å²) in [7, 11) is 0. The van der Waals surface area contributed by atoms with E-state index in [9.17, 15) is 4.79 Å². The van der Waals surface area contributed by atoms with Crippen LogP contribution in [0.5, 0.6) is 5.75 Å². The molecule has 3 nitrogen and oxygen atoms in total. The Morgan fingerprint density at radius 1 is 0.909 bits per heavy atom. The number of ether oxygens (including phenoxy) is 2. The van der Waals surface area contributed by atoms with E-state index in [1.165, 1.54) is 5.56 Å².